The quantitative estimate of drug-likeness (QED) is 0.293. The lowest BCUT2D eigenvalue weighted by atomic mass is 10.1. The van der Waals surface area contributed by atoms with Crippen molar-refractivity contribution in [2.24, 2.45) is 0 Å². The van der Waals surface area contributed by atoms with Gasteiger partial charge in [0, 0.05) is 6.54 Å². The van der Waals surface area contributed by atoms with Crippen molar-refractivity contribution >= 4 is 18.2 Å². The zero-order chi connectivity index (χ0) is 23.0. The van der Waals surface area contributed by atoms with Crippen LogP contribution in [0.4, 0.5) is 9.59 Å². The molecule has 0 saturated carbocycles. The Bertz CT molecular complexity index is 829. The summed E-state index contributed by atoms with van der Waals surface area (Å²) < 4.78 is 15.4. The number of rotatable bonds is 12. The highest BCUT2D eigenvalue weighted by Crippen LogP contribution is 2.06. The van der Waals surface area contributed by atoms with Gasteiger partial charge in [-0.25, -0.2) is 14.4 Å². The number of ether oxygens (including phenoxy) is 3. The van der Waals surface area contributed by atoms with Crippen LogP contribution in [0.2, 0.25) is 0 Å². The number of unbranched alkanes of at least 4 members (excludes halogenated alkanes) is 1. The number of benzene rings is 2. The van der Waals surface area contributed by atoms with Crippen molar-refractivity contribution < 1.29 is 28.6 Å². The fourth-order valence-electron chi connectivity index (χ4n) is 2.84. The van der Waals surface area contributed by atoms with Gasteiger partial charge in [0.05, 0.1) is 6.61 Å². The van der Waals surface area contributed by atoms with E-state index >= 15 is 0 Å². The molecule has 32 heavy (non-hydrogen) atoms. The van der Waals surface area contributed by atoms with Crippen LogP contribution in [0.25, 0.3) is 0 Å². The van der Waals surface area contributed by atoms with Gasteiger partial charge < -0.3 is 24.8 Å². The van der Waals surface area contributed by atoms with Crippen molar-refractivity contribution in [2.45, 2.75) is 45.4 Å². The molecule has 0 aliphatic rings. The maximum atomic E-state index is 12.2. The van der Waals surface area contributed by atoms with E-state index in [0.29, 0.717) is 25.8 Å². The Labute approximate surface area is 188 Å². The lowest BCUT2D eigenvalue weighted by Crippen LogP contribution is -2.42. The Hall–Kier alpha value is -3.55. The lowest BCUT2D eigenvalue weighted by molar-refractivity contribution is -0.145. The molecule has 0 bridgehead atoms. The average molecular weight is 443 g/mol. The summed E-state index contributed by atoms with van der Waals surface area (Å²) in [6, 6.07) is 17.8. The van der Waals surface area contributed by atoms with Crippen molar-refractivity contribution in [1.29, 1.82) is 0 Å². The topological polar surface area (TPSA) is 103 Å². The van der Waals surface area contributed by atoms with E-state index in [2.05, 4.69) is 10.6 Å². The molecule has 2 rings (SSSR count). The Morgan fingerprint density at radius 3 is 1.91 bits per heavy atom. The van der Waals surface area contributed by atoms with Gasteiger partial charge in [0.15, 0.2) is 0 Å². The largest absolute Gasteiger partial charge is 0.464 e. The molecule has 0 aliphatic heterocycles. The first-order valence-corrected chi connectivity index (χ1v) is 10.7. The molecule has 0 radical (unpaired) electrons. The van der Waals surface area contributed by atoms with Crippen LogP contribution in [0.3, 0.4) is 0 Å². The van der Waals surface area contributed by atoms with Crippen LogP contribution in [0, 0.1) is 0 Å². The Morgan fingerprint density at radius 1 is 0.781 bits per heavy atom. The summed E-state index contributed by atoms with van der Waals surface area (Å²) in [7, 11) is 0. The number of amides is 2. The summed E-state index contributed by atoms with van der Waals surface area (Å²) in [4.78, 5) is 36.0. The van der Waals surface area contributed by atoms with Crippen molar-refractivity contribution in [1.82, 2.24) is 10.6 Å². The second-order valence-electron chi connectivity index (χ2n) is 6.99. The zero-order valence-corrected chi connectivity index (χ0v) is 18.3. The molecule has 0 aromatic heterocycles. The third-order valence-electron chi connectivity index (χ3n) is 4.48. The summed E-state index contributed by atoms with van der Waals surface area (Å²) >= 11 is 0. The minimum atomic E-state index is -0.816. The van der Waals surface area contributed by atoms with Crippen LogP contribution in [0.15, 0.2) is 60.7 Å². The first kappa shape index (κ1) is 24.7. The molecule has 0 aliphatic carbocycles. The molecule has 0 saturated heterocycles. The van der Waals surface area contributed by atoms with Crippen LogP contribution >= 0.6 is 0 Å². The number of nitrogens with one attached hydrogen (secondary N) is 2. The Kier molecular flexibility index (Phi) is 11.2. The van der Waals surface area contributed by atoms with Crippen LogP contribution in [0.1, 0.15) is 37.3 Å². The van der Waals surface area contributed by atoms with E-state index in [1.807, 2.05) is 60.7 Å². The van der Waals surface area contributed by atoms with Crippen molar-refractivity contribution in [3.8, 4) is 0 Å². The SMILES string of the molecule is CCOC(=O)[C@H](CCCCNC(=O)OCc1ccccc1)NC(=O)OCc1ccccc1. The van der Waals surface area contributed by atoms with Crippen LogP contribution in [0.5, 0.6) is 0 Å². The van der Waals surface area contributed by atoms with Crippen LogP contribution < -0.4 is 10.6 Å². The molecule has 2 amide bonds. The van der Waals surface area contributed by atoms with E-state index < -0.39 is 24.2 Å². The number of carbonyl (C=O) groups excluding carboxylic acids is 3. The Balaban J connectivity index is 1.66. The van der Waals surface area contributed by atoms with Crippen molar-refractivity contribution in [2.75, 3.05) is 13.2 Å². The number of alkyl carbamates (subject to hydrolysis) is 2. The van der Waals surface area contributed by atoms with E-state index in [4.69, 9.17) is 14.2 Å². The molecule has 0 unspecified atom stereocenters. The summed E-state index contributed by atoms with van der Waals surface area (Å²) in [5.74, 6) is -0.514. The Morgan fingerprint density at radius 2 is 1.34 bits per heavy atom. The van der Waals surface area contributed by atoms with Gasteiger partial charge in [0.1, 0.15) is 19.3 Å². The van der Waals surface area contributed by atoms with Gasteiger partial charge in [-0.3, -0.25) is 0 Å². The van der Waals surface area contributed by atoms with Gasteiger partial charge in [-0.1, -0.05) is 60.7 Å². The maximum Gasteiger partial charge on any atom is 0.408 e. The van der Waals surface area contributed by atoms with E-state index in [9.17, 15) is 14.4 Å². The number of carbonyl (C=O) groups is 3. The summed E-state index contributed by atoms with van der Waals surface area (Å²) in [5.41, 5.74) is 1.76. The minimum absolute atomic E-state index is 0.108. The third kappa shape index (κ3) is 9.97. The van der Waals surface area contributed by atoms with E-state index in [1.54, 1.807) is 6.92 Å². The fraction of sp³-hybridized carbons (Fsp3) is 0.375. The maximum absolute atomic E-state index is 12.2. The summed E-state index contributed by atoms with van der Waals surface area (Å²) in [6.07, 6.45) is 0.367. The highest BCUT2D eigenvalue weighted by Gasteiger charge is 2.22. The third-order valence-corrected chi connectivity index (χ3v) is 4.48. The first-order chi connectivity index (χ1) is 15.6. The van der Waals surface area contributed by atoms with E-state index in [0.717, 1.165) is 11.1 Å². The van der Waals surface area contributed by atoms with Gasteiger partial charge in [0.25, 0.3) is 0 Å². The number of hydrogen-bond acceptors (Lipinski definition) is 6. The predicted molar refractivity (Wildman–Crippen MR) is 119 cm³/mol. The molecule has 2 aromatic rings. The summed E-state index contributed by atoms with van der Waals surface area (Å²) in [6.45, 7) is 2.62. The molecule has 0 spiro atoms. The van der Waals surface area contributed by atoms with Gasteiger partial charge in [-0.15, -0.1) is 0 Å². The predicted octanol–water partition coefficient (Wildman–Crippen LogP) is 3.94. The van der Waals surface area contributed by atoms with Crippen LogP contribution in [-0.2, 0) is 32.2 Å². The number of hydrogen-bond donors (Lipinski definition) is 2. The molecular formula is C24H30N2O6. The van der Waals surface area contributed by atoms with E-state index in [1.165, 1.54) is 0 Å². The molecular weight excluding hydrogens is 412 g/mol. The average Bonchev–Trinajstić information content (AvgIpc) is 2.82. The highest BCUT2D eigenvalue weighted by atomic mass is 16.6. The van der Waals surface area contributed by atoms with Crippen molar-refractivity contribution in [3.63, 3.8) is 0 Å². The standard InChI is InChI=1S/C24H30N2O6/c1-2-30-22(27)21(26-24(29)32-18-20-13-7-4-8-14-20)15-9-10-16-25-23(28)31-17-19-11-5-3-6-12-19/h3-8,11-14,21H,2,9-10,15-18H2,1H3,(H,25,28)(H,26,29)/t21-/m0/s1. The fourth-order valence-corrected chi connectivity index (χ4v) is 2.84. The normalized spacial score (nSPS) is 11.2. The molecule has 1 atom stereocenters. The molecule has 8 heteroatoms. The van der Waals surface area contributed by atoms with E-state index in [-0.39, 0.29) is 19.8 Å². The van der Waals surface area contributed by atoms with Gasteiger partial charge in [-0.05, 0) is 37.3 Å². The molecule has 0 heterocycles. The first-order valence-electron chi connectivity index (χ1n) is 10.7. The van der Waals surface area contributed by atoms with Gasteiger partial charge in [0.2, 0.25) is 0 Å². The second kappa shape index (κ2) is 14.5. The smallest absolute Gasteiger partial charge is 0.408 e. The summed E-state index contributed by atoms with van der Waals surface area (Å²) in [5, 5.41) is 5.23. The number of esters is 1. The second-order valence-corrected chi connectivity index (χ2v) is 6.99. The minimum Gasteiger partial charge on any atom is -0.464 e. The molecule has 2 aromatic carbocycles. The van der Waals surface area contributed by atoms with Crippen molar-refractivity contribution in [3.05, 3.63) is 71.8 Å². The molecule has 2 N–H and O–H groups in total. The highest BCUT2D eigenvalue weighted by molar-refractivity contribution is 5.81. The van der Waals surface area contributed by atoms with Gasteiger partial charge >= 0.3 is 18.2 Å². The zero-order valence-electron chi connectivity index (χ0n) is 18.3. The van der Waals surface area contributed by atoms with Crippen LogP contribution in [-0.4, -0.2) is 37.3 Å². The monoisotopic (exact) mass is 442 g/mol. The molecule has 0 fully saturated rings. The lowest BCUT2D eigenvalue weighted by Gasteiger charge is -2.17. The molecule has 8 nitrogen and oxygen atoms in total. The molecule has 172 valence electrons. The van der Waals surface area contributed by atoms with Gasteiger partial charge in [-0.2, -0.15) is 0 Å².